The number of halogens is 1. The van der Waals surface area contributed by atoms with Crippen molar-refractivity contribution in [1.82, 2.24) is 9.13 Å². The van der Waals surface area contributed by atoms with Crippen molar-refractivity contribution >= 4 is 33.1 Å². The molecule has 0 aliphatic heterocycles. The minimum absolute atomic E-state index is 0.257. The van der Waals surface area contributed by atoms with Gasteiger partial charge in [-0.1, -0.05) is 0 Å². The van der Waals surface area contributed by atoms with E-state index in [1.807, 2.05) is 0 Å². The number of nitrogens with one attached hydrogen (secondary N) is 1. The fourth-order valence-corrected chi connectivity index (χ4v) is 4.38. The highest BCUT2D eigenvalue weighted by Crippen LogP contribution is 2.29. The van der Waals surface area contributed by atoms with Crippen LogP contribution in [0.15, 0.2) is 57.4 Å². The van der Waals surface area contributed by atoms with Crippen molar-refractivity contribution in [1.29, 1.82) is 0 Å². The molecule has 1 N–H and O–H groups in total. The maximum Gasteiger partial charge on any atom is 0.336 e. The normalized spacial score (nSPS) is 10.9. The van der Waals surface area contributed by atoms with E-state index in [2.05, 4.69) is 5.32 Å². The Kier molecular flexibility index (Phi) is 6.01. The van der Waals surface area contributed by atoms with Crippen LogP contribution in [0.5, 0.6) is 11.5 Å². The van der Waals surface area contributed by atoms with Crippen LogP contribution in [0.4, 0.5) is 10.1 Å². The average molecular weight is 469 g/mol. The Balaban J connectivity index is 1.77. The number of thiophene rings is 1. The third-order valence-corrected chi connectivity index (χ3v) is 6.03. The number of carbonyl (C=O) groups is 1. The Bertz CT molecular complexity index is 1490. The molecule has 10 heteroatoms. The fourth-order valence-electron chi connectivity index (χ4n) is 3.56. The number of carbonyl (C=O) groups excluding carboxylic acids is 1. The molecule has 2 heterocycles. The summed E-state index contributed by atoms with van der Waals surface area (Å²) in [6.45, 7) is 1.26. The Labute approximate surface area is 191 Å². The van der Waals surface area contributed by atoms with Gasteiger partial charge in [-0.25, -0.2) is 13.8 Å². The number of methoxy groups -OCH3 is 2. The summed E-state index contributed by atoms with van der Waals surface area (Å²) in [6, 6.07) is 10.3. The molecular formula is C23H20FN3O5S. The first-order chi connectivity index (χ1) is 15.8. The highest BCUT2D eigenvalue weighted by Gasteiger charge is 2.19. The van der Waals surface area contributed by atoms with Crippen LogP contribution in [-0.2, 0) is 11.3 Å². The second-order valence-corrected chi connectivity index (χ2v) is 8.11. The summed E-state index contributed by atoms with van der Waals surface area (Å²) in [5.74, 6) is -0.0193. The molecule has 4 rings (SSSR count). The molecule has 0 fully saturated rings. The predicted octanol–water partition coefficient (Wildman–Crippen LogP) is 3.32. The quantitative estimate of drug-likeness (QED) is 0.468. The first kappa shape index (κ1) is 22.3. The van der Waals surface area contributed by atoms with E-state index in [0.29, 0.717) is 33.0 Å². The molecule has 0 radical (unpaired) electrons. The summed E-state index contributed by atoms with van der Waals surface area (Å²) >= 11 is 1.16. The fraction of sp³-hybridized carbons (Fsp3) is 0.174. The molecule has 0 saturated carbocycles. The van der Waals surface area contributed by atoms with Crippen LogP contribution in [0.3, 0.4) is 0 Å². The third kappa shape index (κ3) is 4.12. The van der Waals surface area contributed by atoms with Gasteiger partial charge in [0.15, 0.2) is 0 Å². The lowest BCUT2D eigenvalue weighted by atomic mass is 10.2. The highest BCUT2D eigenvalue weighted by molar-refractivity contribution is 7.17. The molecule has 33 heavy (non-hydrogen) atoms. The Morgan fingerprint density at radius 2 is 1.88 bits per heavy atom. The van der Waals surface area contributed by atoms with Crippen molar-refractivity contribution in [3.05, 3.63) is 80.1 Å². The van der Waals surface area contributed by atoms with Crippen molar-refractivity contribution in [3.8, 4) is 17.2 Å². The summed E-state index contributed by atoms with van der Waals surface area (Å²) in [7, 11) is 2.98. The summed E-state index contributed by atoms with van der Waals surface area (Å²) in [5, 5.41) is 4.40. The number of hydrogen-bond acceptors (Lipinski definition) is 6. The van der Waals surface area contributed by atoms with Gasteiger partial charge in [-0.3, -0.25) is 14.2 Å². The van der Waals surface area contributed by atoms with Gasteiger partial charge in [-0.2, -0.15) is 0 Å². The van der Waals surface area contributed by atoms with Crippen molar-refractivity contribution in [2.75, 3.05) is 19.5 Å². The van der Waals surface area contributed by atoms with E-state index < -0.39 is 23.0 Å². The van der Waals surface area contributed by atoms with Crippen molar-refractivity contribution < 1.29 is 18.7 Å². The molecule has 0 spiro atoms. The Morgan fingerprint density at radius 1 is 1.09 bits per heavy atom. The molecule has 2 aromatic carbocycles. The zero-order valence-electron chi connectivity index (χ0n) is 18.0. The van der Waals surface area contributed by atoms with Gasteiger partial charge in [-0.15, -0.1) is 11.3 Å². The Hall–Kier alpha value is -3.92. The summed E-state index contributed by atoms with van der Waals surface area (Å²) < 4.78 is 26.6. The molecule has 0 aliphatic rings. The van der Waals surface area contributed by atoms with Crippen molar-refractivity contribution in [2.45, 2.75) is 13.5 Å². The van der Waals surface area contributed by atoms with E-state index in [1.54, 1.807) is 36.6 Å². The van der Waals surface area contributed by atoms with E-state index in [1.165, 1.54) is 37.0 Å². The van der Waals surface area contributed by atoms with Gasteiger partial charge >= 0.3 is 5.69 Å². The van der Waals surface area contributed by atoms with E-state index in [4.69, 9.17) is 9.47 Å². The van der Waals surface area contributed by atoms with E-state index in [9.17, 15) is 18.8 Å². The number of amides is 1. The topological polar surface area (TPSA) is 91.6 Å². The number of benzene rings is 2. The molecule has 0 atom stereocenters. The number of anilines is 1. The molecule has 4 aromatic rings. The second kappa shape index (κ2) is 8.91. The van der Waals surface area contributed by atoms with Gasteiger partial charge < -0.3 is 14.8 Å². The molecule has 8 nitrogen and oxygen atoms in total. The number of ether oxygens (including phenoxy) is 2. The van der Waals surface area contributed by atoms with E-state index in [0.717, 1.165) is 15.9 Å². The lowest BCUT2D eigenvalue weighted by molar-refractivity contribution is -0.116. The Morgan fingerprint density at radius 3 is 2.58 bits per heavy atom. The maximum absolute atomic E-state index is 13.6. The van der Waals surface area contributed by atoms with Crippen LogP contribution in [0.1, 0.15) is 5.56 Å². The molecule has 1 amide bonds. The van der Waals surface area contributed by atoms with Crippen LogP contribution in [0.2, 0.25) is 0 Å². The second-order valence-electron chi connectivity index (χ2n) is 7.19. The minimum Gasteiger partial charge on any atom is -0.497 e. The van der Waals surface area contributed by atoms with Crippen LogP contribution >= 0.6 is 11.3 Å². The zero-order valence-corrected chi connectivity index (χ0v) is 18.9. The van der Waals surface area contributed by atoms with E-state index >= 15 is 0 Å². The van der Waals surface area contributed by atoms with Gasteiger partial charge in [0.2, 0.25) is 5.91 Å². The van der Waals surface area contributed by atoms with Gasteiger partial charge in [0.25, 0.3) is 5.56 Å². The molecule has 170 valence electrons. The lowest BCUT2D eigenvalue weighted by Gasteiger charge is -2.15. The van der Waals surface area contributed by atoms with Crippen molar-refractivity contribution in [2.24, 2.45) is 0 Å². The summed E-state index contributed by atoms with van der Waals surface area (Å²) in [6.07, 6.45) is 0. The van der Waals surface area contributed by atoms with E-state index in [-0.39, 0.29) is 12.2 Å². The van der Waals surface area contributed by atoms with Gasteiger partial charge in [-0.05, 0) is 54.3 Å². The number of aromatic nitrogens is 2. The monoisotopic (exact) mass is 469 g/mol. The van der Waals surface area contributed by atoms with Crippen LogP contribution < -0.4 is 26.0 Å². The number of nitrogens with zero attached hydrogens (tertiary/aromatic N) is 2. The third-order valence-electron chi connectivity index (χ3n) is 5.14. The first-order valence-electron chi connectivity index (χ1n) is 9.85. The average Bonchev–Trinajstić information content (AvgIpc) is 3.28. The largest absolute Gasteiger partial charge is 0.497 e. The van der Waals surface area contributed by atoms with Crippen molar-refractivity contribution in [3.63, 3.8) is 0 Å². The highest BCUT2D eigenvalue weighted by atomic mass is 32.1. The molecule has 0 aliphatic carbocycles. The molecule has 0 saturated heterocycles. The smallest absolute Gasteiger partial charge is 0.336 e. The van der Waals surface area contributed by atoms with Gasteiger partial charge in [0.05, 0.1) is 31.1 Å². The zero-order chi connectivity index (χ0) is 23.7. The van der Waals surface area contributed by atoms with Gasteiger partial charge in [0.1, 0.15) is 28.6 Å². The maximum atomic E-state index is 13.6. The first-order valence-corrected chi connectivity index (χ1v) is 10.7. The van der Waals surface area contributed by atoms with Crippen LogP contribution in [0.25, 0.3) is 15.9 Å². The molecule has 0 bridgehead atoms. The van der Waals surface area contributed by atoms with Crippen LogP contribution in [-0.4, -0.2) is 29.3 Å². The predicted molar refractivity (Wildman–Crippen MR) is 125 cm³/mol. The standard InChI is InChI=1S/C23H20FN3O5S/c1-13-10-14(24)4-7-17(13)27-22(29)21-18(8-9-33-21)26(23(27)30)12-20(28)25-16-6-5-15(31-2)11-19(16)32-3/h4-11H,12H2,1-3H3,(H,25,28). The summed E-state index contributed by atoms with van der Waals surface area (Å²) in [4.78, 5) is 39.3. The van der Waals surface area contributed by atoms with Gasteiger partial charge in [0, 0.05) is 6.07 Å². The SMILES string of the molecule is COc1ccc(NC(=O)Cn2c(=O)n(-c3ccc(F)cc3C)c(=O)c3sccc32)c(OC)c1. The lowest BCUT2D eigenvalue weighted by Crippen LogP contribution is -2.40. The number of hydrogen-bond donors (Lipinski definition) is 1. The number of rotatable bonds is 6. The number of fused-ring (bicyclic) bond motifs is 1. The number of aryl methyl sites for hydroxylation is 1. The molecule has 2 aromatic heterocycles. The molecule has 0 unspecified atom stereocenters. The van der Waals surface area contributed by atoms with Crippen LogP contribution in [0, 0.1) is 12.7 Å². The minimum atomic E-state index is -0.697. The molecular weight excluding hydrogens is 449 g/mol. The summed E-state index contributed by atoms with van der Waals surface area (Å²) in [5.41, 5.74) is 0.214.